The summed E-state index contributed by atoms with van der Waals surface area (Å²) in [6.45, 7) is -0.637. The molecule has 0 unspecified atom stereocenters. The number of nitriles is 1. The minimum atomic E-state index is -4.27. The number of phenols is 1. The zero-order valence-electron chi connectivity index (χ0n) is 11.9. The lowest BCUT2D eigenvalue weighted by molar-refractivity contribution is -0.117. The van der Waals surface area contributed by atoms with Gasteiger partial charge < -0.3 is 5.11 Å². The number of rotatable bonds is 2. The molecule has 1 aliphatic heterocycles. The van der Waals surface area contributed by atoms with Crippen LogP contribution >= 0.6 is 0 Å². The maximum atomic E-state index is 14.8. The van der Waals surface area contributed by atoms with E-state index in [1.54, 1.807) is 4.72 Å². The van der Waals surface area contributed by atoms with Gasteiger partial charge in [0.25, 0.3) is 5.91 Å². The van der Waals surface area contributed by atoms with Gasteiger partial charge in [0.05, 0.1) is 0 Å². The van der Waals surface area contributed by atoms with Crippen molar-refractivity contribution in [2.75, 3.05) is 10.8 Å². The first-order valence-corrected chi connectivity index (χ1v) is 7.99. The number of aromatic nitrogens is 1. The van der Waals surface area contributed by atoms with E-state index in [1.165, 1.54) is 24.4 Å². The predicted octanol–water partition coefficient (Wildman–Crippen LogP) is 0.646. The van der Waals surface area contributed by atoms with Crippen LogP contribution in [0.5, 0.6) is 5.75 Å². The number of phenolic OH excluding ortho intramolecular Hbond substituents is 1. The molecule has 0 atom stereocenters. The van der Waals surface area contributed by atoms with Gasteiger partial charge in [-0.3, -0.25) is 4.79 Å². The molecule has 0 radical (unpaired) electrons. The van der Waals surface area contributed by atoms with Crippen molar-refractivity contribution in [3.63, 3.8) is 0 Å². The molecule has 0 aliphatic carbocycles. The van der Waals surface area contributed by atoms with Gasteiger partial charge >= 0.3 is 10.2 Å². The molecule has 1 fully saturated rings. The van der Waals surface area contributed by atoms with E-state index >= 15 is 0 Å². The fourth-order valence-corrected chi connectivity index (χ4v) is 3.44. The van der Waals surface area contributed by atoms with Crippen molar-refractivity contribution in [1.82, 2.24) is 9.71 Å². The van der Waals surface area contributed by atoms with Crippen LogP contribution in [-0.2, 0) is 15.0 Å². The second kappa shape index (κ2) is 5.47. The monoisotopic (exact) mass is 348 g/mol. The number of hydrogen-bond donors (Lipinski definition) is 2. The number of hydrogen-bond acceptors (Lipinski definition) is 6. The third-order valence-electron chi connectivity index (χ3n) is 3.35. The van der Waals surface area contributed by atoms with Crippen molar-refractivity contribution < 1.29 is 22.7 Å². The van der Waals surface area contributed by atoms with Crippen LogP contribution in [0, 0.1) is 17.1 Å². The van der Waals surface area contributed by atoms with E-state index in [9.17, 15) is 22.7 Å². The lowest BCUT2D eigenvalue weighted by atomic mass is 10.1. The summed E-state index contributed by atoms with van der Waals surface area (Å²) in [4.78, 5) is 15.1. The minimum absolute atomic E-state index is 0.0330. The summed E-state index contributed by atoms with van der Waals surface area (Å²) < 4.78 is 40.7. The maximum absolute atomic E-state index is 14.8. The summed E-state index contributed by atoms with van der Waals surface area (Å²) in [5.41, 5.74) is -0.247. The van der Waals surface area contributed by atoms with E-state index in [-0.39, 0.29) is 16.8 Å². The molecule has 2 aromatic rings. The van der Waals surface area contributed by atoms with E-state index in [0.29, 0.717) is 4.31 Å². The number of pyridine rings is 1. The first kappa shape index (κ1) is 15.7. The van der Waals surface area contributed by atoms with Gasteiger partial charge in [-0.15, -0.1) is 0 Å². The maximum Gasteiger partial charge on any atom is 0.326 e. The van der Waals surface area contributed by atoms with Crippen molar-refractivity contribution in [3.05, 3.63) is 42.0 Å². The molecule has 1 saturated heterocycles. The number of aromatic hydroxyl groups is 1. The van der Waals surface area contributed by atoms with Crippen molar-refractivity contribution in [2.24, 2.45) is 0 Å². The number of benzene rings is 1. The van der Waals surface area contributed by atoms with E-state index in [0.717, 1.165) is 6.07 Å². The van der Waals surface area contributed by atoms with Crippen LogP contribution in [0.3, 0.4) is 0 Å². The van der Waals surface area contributed by atoms with E-state index in [1.807, 2.05) is 6.07 Å². The van der Waals surface area contributed by atoms with Crippen molar-refractivity contribution in [3.8, 4) is 22.9 Å². The third-order valence-corrected chi connectivity index (χ3v) is 4.73. The molecule has 0 bridgehead atoms. The van der Waals surface area contributed by atoms with E-state index in [4.69, 9.17) is 5.26 Å². The van der Waals surface area contributed by atoms with Crippen LogP contribution in [0.2, 0.25) is 0 Å². The molecule has 2 N–H and O–H groups in total. The first-order chi connectivity index (χ1) is 11.3. The Balaban J connectivity index is 2.15. The number of anilines is 1. The second-order valence-corrected chi connectivity index (χ2v) is 6.47. The van der Waals surface area contributed by atoms with E-state index < -0.39 is 39.9 Å². The molecule has 1 amide bonds. The van der Waals surface area contributed by atoms with Crippen LogP contribution in [0.25, 0.3) is 11.1 Å². The molecule has 0 spiro atoms. The summed E-state index contributed by atoms with van der Waals surface area (Å²) in [5, 5.41) is 18.6. The van der Waals surface area contributed by atoms with Crippen LogP contribution < -0.4 is 9.03 Å². The van der Waals surface area contributed by atoms with Crippen molar-refractivity contribution >= 4 is 21.8 Å². The Hall–Kier alpha value is -3.19. The SMILES string of the molecule is N#Cc1ccc(-c2ccc(O)c(N3CC(=O)NS3(=O)=O)c2F)cn1. The van der Waals surface area contributed by atoms with Gasteiger partial charge in [-0.2, -0.15) is 13.7 Å². The number of carbonyl (C=O) groups is 1. The quantitative estimate of drug-likeness (QED) is 0.821. The lowest BCUT2D eigenvalue weighted by Crippen LogP contribution is -2.30. The van der Waals surface area contributed by atoms with Crippen molar-refractivity contribution in [1.29, 1.82) is 5.26 Å². The summed E-state index contributed by atoms with van der Waals surface area (Å²) in [6.07, 6.45) is 1.25. The summed E-state index contributed by atoms with van der Waals surface area (Å²) >= 11 is 0. The fourth-order valence-electron chi connectivity index (χ4n) is 2.28. The van der Waals surface area contributed by atoms with Crippen LogP contribution in [0.15, 0.2) is 30.5 Å². The average molecular weight is 348 g/mol. The molecular weight excluding hydrogens is 339 g/mol. The molecule has 24 heavy (non-hydrogen) atoms. The van der Waals surface area contributed by atoms with Gasteiger partial charge in [0.1, 0.15) is 29.7 Å². The highest BCUT2D eigenvalue weighted by atomic mass is 32.2. The first-order valence-electron chi connectivity index (χ1n) is 6.55. The highest BCUT2D eigenvalue weighted by Crippen LogP contribution is 2.38. The molecule has 2 heterocycles. The Kier molecular flexibility index (Phi) is 3.57. The van der Waals surface area contributed by atoms with Gasteiger partial charge in [-0.1, -0.05) is 0 Å². The Labute approximate surface area is 136 Å². The fraction of sp³-hybridized carbons (Fsp3) is 0.0714. The molecule has 0 saturated carbocycles. The standard InChI is InChI=1S/C14H9FN4O4S/c15-13-10(8-1-2-9(5-16)17-6-8)3-4-11(20)14(13)19-7-12(21)18-24(19,22)23/h1-4,6,20H,7H2,(H,18,21). The third kappa shape index (κ3) is 2.50. The van der Waals surface area contributed by atoms with Crippen LogP contribution in [0.1, 0.15) is 5.69 Å². The second-order valence-electron chi connectivity index (χ2n) is 4.88. The molecule has 10 heteroatoms. The Bertz CT molecular complexity index is 983. The van der Waals surface area contributed by atoms with Crippen LogP contribution in [0.4, 0.5) is 10.1 Å². The summed E-state index contributed by atoms with van der Waals surface area (Å²) in [5.74, 6) is -2.49. The van der Waals surface area contributed by atoms with Crippen LogP contribution in [-0.4, -0.2) is 31.0 Å². The average Bonchev–Trinajstić information content (AvgIpc) is 2.80. The number of halogens is 1. The number of amides is 1. The molecule has 122 valence electrons. The predicted molar refractivity (Wildman–Crippen MR) is 80.4 cm³/mol. The van der Waals surface area contributed by atoms with Gasteiger partial charge in [0.2, 0.25) is 0 Å². The molecule has 8 nitrogen and oxygen atoms in total. The number of carbonyl (C=O) groups excluding carboxylic acids is 1. The normalized spacial score (nSPS) is 15.8. The van der Waals surface area contributed by atoms with Gasteiger partial charge in [0.15, 0.2) is 5.82 Å². The van der Waals surface area contributed by atoms with Gasteiger partial charge in [-0.25, -0.2) is 18.4 Å². The largest absolute Gasteiger partial charge is 0.506 e. The molecule has 3 rings (SSSR count). The zero-order chi connectivity index (χ0) is 17.5. The number of nitrogens with zero attached hydrogens (tertiary/aromatic N) is 3. The Morgan fingerprint density at radius 2 is 2.08 bits per heavy atom. The van der Waals surface area contributed by atoms with Gasteiger partial charge in [-0.05, 0) is 24.3 Å². The molecule has 1 aliphatic rings. The van der Waals surface area contributed by atoms with E-state index in [2.05, 4.69) is 4.98 Å². The highest BCUT2D eigenvalue weighted by molar-refractivity contribution is 7.92. The van der Waals surface area contributed by atoms with Crippen molar-refractivity contribution in [2.45, 2.75) is 0 Å². The van der Waals surface area contributed by atoms with Gasteiger partial charge in [0, 0.05) is 17.3 Å². The zero-order valence-corrected chi connectivity index (χ0v) is 12.7. The summed E-state index contributed by atoms with van der Waals surface area (Å²) in [6, 6.07) is 6.99. The lowest BCUT2D eigenvalue weighted by Gasteiger charge is -2.18. The Morgan fingerprint density at radius 1 is 1.33 bits per heavy atom. The number of nitrogens with one attached hydrogen (secondary N) is 1. The smallest absolute Gasteiger partial charge is 0.326 e. The topological polar surface area (TPSA) is 123 Å². The summed E-state index contributed by atoms with van der Waals surface area (Å²) in [7, 11) is -4.27. The highest BCUT2D eigenvalue weighted by Gasteiger charge is 2.37. The molecule has 1 aromatic carbocycles. The Morgan fingerprint density at radius 3 is 2.62 bits per heavy atom. The minimum Gasteiger partial charge on any atom is -0.506 e. The molecular formula is C14H9FN4O4S. The molecule has 1 aromatic heterocycles.